The van der Waals surface area contributed by atoms with E-state index in [2.05, 4.69) is 5.43 Å². The molecule has 9 nitrogen and oxygen atoms in total. The number of benzene rings is 1. The lowest BCUT2D eigenvalue weighted by Gasteiger charge is -2.23. The van der Waals surface area contributed by atoms with Crippen LogP contribution in [0, 0.1) is 10.1 Å². The Kier molecular flexibility index (Phi) is 4.42. The summed E-state index contributed by atoms with van der Waals surface area (Å²) in [6.45, 7) is 0.834. The summed E-state index contributed by atoms with van der Waals surface area (Å²) in [5.41, 5.74) is 1.94. The molecule has 1 unspecified atom stereocenters. The van der Waals surface area contributed by atoms with Gasteiger partial charge in [0.15, 0.2) is 0 Å². The molecule has 10 heteroatoms. The smallest absolute Gasteiger partial charge is 0.271 e. The van der Waals surface area contributed by atoms with Crippen LogP contribution in [0.25, 0.3) is 0 Å². The molecule has 0 spiro atoms. The van der Waals surface area contributed by atoms with Crippen LogP contribution in [0.4, 0.5) is 11.4 Å². The summed E-state index contributed by atoms with van der Waals surface area (Å²) in [5, 5.41) is 10.7. The summed E-state index contributed by atoms with van der Waals surface area (Å²) in [5.74, 6) is 5.29. The summed E-state index contributed by atoms with van der Waals surface area (Å²) < 4.78 is 31.6. The average molecular weight is 316 g/mol. The van der Waals surface area contributed by atoms with Crippen LogP contribution in [0.15, 0.2) is 23.1 Å². The van der Waals surface area contributed by atoms with Gasteiger partial charge in [-0.1, -0.05) is 0 Å². The average Bonchev–Trinajstić information content (AvgIpc) is 2.99. The van der Waals surface area contributed by atoms with E-state index < -0.39 is 14.9 Å². The number of anilines is 1. The number of nitrogen functional groups attached to an aromatic ring is 1. The first-order chi connectivity index (χ1) is 9.87. The zero-order chi connectivity index (χ0) is 15.6. The Bertz CT molecular complexity index is 642. The van der Waals surface area contributed by atoms with Gasteiger partial charge in [-0.15, -0.1) is 0 Å². The number of non-ortho nitro benzene ring substituents is 1. The fraction of sp³-hybridized carbons (Fsp3) is 0.455. The molecule has 1 aliphatic rings. The summed E-state index contributed by atoms with van der Waals surface area (Å²) in [4.78, 5) is 10.0. The van der Waals surface area contributed by atoms with Crippen molar-refractivity contribution in [2.24, 2.45) is 5.84 Å². The van der Waals surface area contributed by atoms with Gasteiger partial charge in [0, 0.05) is 25.8 Å². The minimum Gasteiger partial charge on any atom is -0.380 e. The molecule has 1 heterocycles. The maximum Gasteiger partial charge on any atom is 0.271 e. The molecule has 2 rings (SSSR count). The van der Waals surface area contributed by atoms with Gasteiger partial charge >= 0.3 is 0 Å². The number of hydrogen-bond acceptors (Lipinski definition) is 7. The summed E-state index contributed by atoms with van der Waals surface area (Å²) in [6.07, 6.45) is 0.605. The molecule has 3 N–H and O–H groups in total. The highest BCUT2D eigenvalue weighted by molar-refractivity contribution is 7.89. The van der Waals surface area contributed by atoms with Crippen molar-refractivity contribution >= 4 is 21.4 Å². The van der Waals surface area contributed by atoms with Gasteiger partial charge in [0.2, 0.25) is 10.0 Å². The molecule has 21 heavy (non-hydrogen) atoms. The van der Waals surface area contributed by atoms with E-state index in [9.17, 15) is 18.5 Å². The SMILES string of the molecule is CN(C1CCOC1)S(=O)(=O)c1ccc([N+](=O)[O-])cc1NN. The van der Waals surface area contributed by atoms with E-state index in [1.807, 2.05) is 0 Å². The number of nitro benzene ring substituents is 1. The first-order valence-corrected chi connectivity index (χ1v) is 7.62. The van der Waals surface area contributed by atoms with Gasteiger partial charge in [0.25, 0.3) is 5.69 Å². The Morgan fingerprint density at radius 3 is 2.76 bits per heavy atom. The third-order valence-corrected chi connectivity index (χ3v) is 5.37. The van der Waals surface area contributed by atoms with Crippen LogP contribution < -0.4 is 11.3 Å². The van der Waals surface area contributed by atoms with Gasteiger partial charge in [0.1, 0.15) is 4.90 Å². The molecular weight excluding hydrogens is 300 g/mol. The predicted molar refractivity (Wildman–Crippen MR) is 75.1 cm³/mol. The number of nitro groups is 1. The maximum absolute atomic E-state index is 12.6. The number of likely N-dealkylation sites (N-methyl/N-ethyl adjacent to an activating group) is 1. The van der Waals surface area contributed by atoms with Gasteiger partial charge in [-0.2, -0.15) is 4.31 Å². The molecule has 1 fully saturated rings. The Hall–Kier alpha value is -1.75. The van der Waals surface area contributed by atoms with Gasteiger partial charge in [-0.05, 0) is 12.5 Å². The van der Waals surface area contributed by atoms with E-state index in [0.717, 1.165) is 12.1 Å². The predicted octanol–water partition coefficient (Wildman–Crippen LogP) is 0.290. The number of rotatable bonds is 5. The Morgan fingerprint density at radius 1 is 1.52 bits per heavy atom. The monoisotopic (exact) mass is 316 g/mol. The molecule has 1 atom stereocenters. The number of hydrazine groups is 1. The van der Waals surface area contributed by atoms with Crippen molar-refractivity contribution in [2.75, 3.05) is 25.7 Å². The zero-order valence-electron chi connectivity index (χ0n) is 11.4. The molecular formula is C11H16N4O5S. The molecule has 0 aliphatic carbocycles. The van der Waals surface area contributed by atoms with Crippen molar-refractivity contribution in [3.05, 3.63) is 28.3 Å². The van der Waals surface area contributed by atoms with E-state index in [0.29, 0.717) is 19.6 Å². The van der Waals surface area contributed by atoms with Gasteiger partial charge < -0.3 is 10.2 Å². The van der Waals surface area contributed by atoms with Crippen molar-refractivity contribution in [1.29, 1.82) is 0 Å². The third kappa shape index (κ3) is 2.97. The molecule has 1 aliphatic heterocycles. The number of ether oxygens (including phenoxy) is 1. The highest BCUT2D eigenvalue weighted by Crippen LogP contribution is 2.29. The molecule has 0 saturated carbocycles. The van der Waals surface area contributed by atoms with Crippen LogP contribution in [-0.4, -0.2) is 43.9 Å². The Morgan fingerprint density at radius 2 is 2.24 bits per heavy atom. The van der Waals surface area contributed by atoms with Crippen LogP contribution in [0.3, 0.4) is 0 Å². The van der Waals surface area contributed by atoms with Gasteiger partial charge in [-0.3, -0.25) is 16.0 Å². The molecule has 1 aromatic carbocycles. The molecule has 0 radical (unpaired) electrons. The molecule has 0 amide bonds. The lowest BCUT2D eigenvalue weighted by molar-refractivity contribution is -0.384. The van der Waals surface area contributed by atoms with Crippen LogP contribution >= 0.6 is 0 Å². The van der Waals surface area contributed by atoms with Crippen LogP contribution in [0.5, 0.6) is 0 Å². The molecule has 1 saturated heterocycles. The van der Waals surface area contributed by atoms with Crippen LogP contribution in [-0.2, 0) is 14.8 Å². The summed E-state index contributed by atoms with van der Waals surface area (Å²) in [7, 11) is -2.36. The first-order valence-electron chi connectivity index (χ1n) is 6.18. The van der Waals surface area contributed by atoms with E-state index in [4.69, 9.17) is 10.6 Å². The van der Waals surface area contributed by atoms with Gasteiger partial charge in [-0.25, -0.2) is 8.42 Å². The fourth-order valence-corrected chi connectivity index (χ4v) is 3.63. The van der Waals surface area contributed by atoms with E-state index in [-0.39, 0.29) is 22.3 Å². The minimum atomic E-state index is -3.82. The van der Waals surface area contributed by atoms with Crippen LogP contribution in [0.1, 0.15) is 6.42 Å². The van der Waals surface area contributed by atoms with Crippen molar-refractivity contribution in [1.82, 2.24) is 4.31 Å². The number of nitrogens with two attached hydrogens (primary N) is 1. The molecule has 0 aromatic heterocycles. The number of nitrogens with zero attached hydrogens (tertiary/aromatic N) is 2. The highest BCUT2D eigenvalue weighted by atomic mass is 32.2. The normalized spacial score (nSPS) is 18.9. The quantitative estimate of drug-likeness (QED) is 0.454. The third-order valence-electron chi connectivity index (χ3n) is 3.41. The first kappa shape index (κ1) is 15.6. The van der Waals surface area contributed by atoms with Crippen molar-refractivity contribution in [3.8, 4) is 0 Å². The van der Waals surface area contributed by atoms with Crippen LogP contribution in [0.2, 0.25) is 0 Å². The maximum atomic E-state index is 12.6. The highest BCUT2D eigenvalue weighted by Gasteiger charge is 2.32. The van der Waals surface area contributed by atoms with E-state index in [1.54, 1.807) is 0 Å². The lowest BCUT2D eigenvalue weighted by atomic mass is 10.3. The van der Waals surface area contributed by atoms with Crippen molar-refractivity contribution < 1.29 is 18.1 Å². The zero-order valence-corrected chi connectivity index (χ0v) is 12.2. The van der Waals surface area contributed by atoms with Crippen molar-refractivity contribution in [2.45, 2.75) is 17.4 Å². The standard InChI is InChI=1S/C11H16N4O5S/c1-14(9-4-5-20-7-9)21(18,19)11-3-2-8(15(16)17)6-10(11)13-12/h2-3,6,9,13H,4-5,7,12H2,1H3. The summed E-state index contributed by atoms with van der Waals surface area (Å²) >= 11 is 0. The van der Waals surface area contributed by atoms with E-state index >= 15 is 0 Å². The van der Waals surface area contributed by atoms with Gasteiger partial charge in [0.05, 0.1) is 23.3 Å². The lowest BCUT2D eigenvalue weighted by Crippen LogP contribution is -2.37. The largest absolute Gasteiger partial charge is 0.380 e. The second kappa shape index (κ2) is 5.93. The minimum absolute atomic E-state index is 0.0186. The Balaban J connectivity index is 2.41. The van der Waals surface area contributed by atoms with E-state index in [1.165, 1.54) is 17.4 Å². The Labute approximate surface area is 121 Å². The topological polar surface area (TPSA) is 128 Å². The molecule has 116 valence electrons. The molecule has 0 bridgehead atoms. The number of hydrogen-bond donors (Lipinski definition) is 2. The fourth-order valence-electron chi connectivity index (χ4n) is 2.13. The van der Waals surface area contributed by atoms with Crippen molar-refractivity contribution in [3.63, 3.8) is 0 Å². The second-order valence-electron chi connectivity index (χ2n) is 4.62. The number of nitrogens with one attached hydrogen (secondary N) is 1. The number of sulfonamides is 1. The molecule has 1 aromatic rings. The summed E-state index contributed by atoms with van der Waals surface area (Å²) in [6, 6.07) is 3.14. The second-order valence-corrected chi connectivity index (χ2v) is 6.59.